The standard InChI is InChI=1S/C22H19BrN6/c23-18-7-3-1-5-16(18)22-28-19-8-4-2-6-17(19)21(29-22)26-12-11-25-20-10-9-15(13-24)14-27-20/h1-10,25,27H,11-12,14H2,(H,26,28,29). The molecular formula is C22H19BrN6. The third-order valence-corrected chi connectivity index (χ3v) is 5.21. The Kier molecular flexibility index (Phi) is 5.73. The molecule has 0 aliphatic carbocycles. The first-order valence-electron chi connectivity index (χ1n) is 9.29. The first-order valence-corrected chi connectivity index (χ1v) is 10.1. The van der Waals surface area contributed by atoms with Gasteiger partial charge in [0, 0.05) is 34.1 Å². The predicted octanol–water partition coefficient (Wildman–Crippen LogP) is 3.96. The van der Waals surface area contributed by atoms with E-state index in [2.05, 4.69) is 37.9 Å². The molecule has 0 radical (unpaired) electrons. The van der Waals surface area contributed by atoms with Crippen LogP contribution in [0.2, 0.25) is 0 Å². The number of hydrogen-bond acceptors (Lipinski definition) is 6. The monoisotopic (exact) mass is 446 g/mol. The molecule has 0 saturated heterocycles. The van der Waals surface area contributed by atoms with E-state index < -0.39 is 0 Å². The first-order chi connectivity index (χ1) is 14.2. The first kappa shape index (κ1) is 19.0. The molecule has 0 atom stereocenters. The fourth-order valence-electron chi connectivity index (χ4n) is 3.04. The maximum absolute atomic E-state index is 8.89. The summed E-state index contributed by atoms with van der Waals surface area (Å²) >= 11 is 3.59. The average molecular weight is 447 g/mol. The molecule has 3 aromatic rings. The minimum absolute atomic E-state index is 0.550. The van der Waals surface area contributed by atoms with Crippen molar-refractivity contribution in [3.8, 4) is 17.5 Å². The second-order valence-corrected chi connectivity index (χ2v) is 7.34. The normalized spacial score (nSPS) is 13.1. The molecule has 1 aliphatic rings. The molecule has 0 saturated carbocycles. The molecule has 0 fully saturated rings. The number of dihydropyridines is 1. The molecule has 0 spiro atoms. The SMILES string of the molecule is N#CC1=CC=C(NCCNc2nc(-c3ccccc3Br)nc3ccccc23)NC1. The number of benzene rings is 2. The van der Waals surface area contributed by atoms with Crippen molar-refractivity contribution in [1.82, 2.24) is 20.6 Å². The molecule has 4 rings (SSSR count). The van der Waals surface area contributed by atoms with Crippen molar-refractivity contribution in [1.29, 1.82) is 5.26 Å². The lowest BCUT2D eigenvalue weighted by molar-refractivity contribution is 0.711. The van der Waals surface area contributed by atoms with Gasteiger partial charge in [0.05, 0.1) is 24.0 Å². The summed E-state index contributed by atoms with van der Waals surface area (Å²) in [4.78, 5) is 9.52. The van der Waals surface area contributed by atoms with Gasteiger partial charge in [0.1, 0.15) is 5.82 Å². The summed E-state index contributed by atoms with van der Waals surface area (Å²) in [6, 6.07) is 18.1. The summed E-state index contributed by atoms with van der Waals surface area (Å²) in [7, 11) is 0. The number of fused-ring (bicyclic) bond motifs is 1. The van der Waals surface area contributed by atoms with Crippen molar-refractivity contribution in [2.45, 2.75) is 0 Å². The summed E-state index contributed by atoms with van der Waals surface area (Å²) in [5.41, 5.74) is 2.58. The summed E-state index contributed by atoms with van der Waals surface area (Å²) < 4.78 is 0.961. The van der Waals surface area contributed by atoms with Crippen LogP contribution in [-0.2, 0) is 0 Å². The summed E-state index contributed by atoms with van der Waals surface area (Å²) in [6.45, 7) is 1.94. The van der Waals surface area contributed by atoms with Crippen LogP contribution >= 0.6 is 15.9 Å². The molecule has 0 unspecified atom stereocenters. The maximum atomic E-state index is 8.89. The third-order valence-electron chi connectivity index (χ3n) is 4.51. The van der Waals surface area contributed by atoms with E-state index in [-0.39, 0.29) is 0 Å². The van der Waals surface area contributed by atoms with Crippen molar-refractivity contribution in [2.75, 3.05) is 25.0 Å². The molecule has 1 aliphatic heterocycles. The fourth-order valence-corrected chi connectivity index (χ4v) is 3.50. The second kappa shape index (κ2) is 8.76. The van der Waals surface area contributed by atoms with Crippen LogP contribution in [0.4, 0.5) is 5.82 Å². The van der Waals surface area contributed by atoms with Crippen molar-refractivity contribution >= 4 is 32.7 Å². The third kappa shape index (κ3) is 4.39. The van der Waals surface area contributed by atoms with E-state index in [1.54, 1.807) is 0 Å². The van der Waals surface area contributed by atoms with Gasteiger partial charge in [-0.05, 0) is 30.4 Å². The molecule has 7 heteroatoms. The Morgan fingerprint density at radius 2 is 1.79 bits per heavy atom. The molecule has 2 heterocycles. The Morgan fingerprint density at radius 1 is 1.00 bits per heavy atom. The highest BCUT2D eigenvalue weighted by molar-refractivity contribution is 9.10. The Balaban J connectivity index is 1.51. The van der Waals surface area contributed by atoms with Crippen LogP contribution in [0.25, 0.3) is 22.3 Å². The minimum atomic E-state index is 0.550. The molecule has 0 amide bonds. The lowest BCUT2D eigenvalue weighted by atomic mass is 10.2. The zero-order chi connectivity index (χ0) is 20.1. The number of allylic oxidation sites excluding steroid dienone is 2. The lowest BCUT2D eigenvalue weighted by Crippen LogP contribution is -2.32. The van der Waals surface area contributed by atoms with Gasteiger partial charge in [-0.25, -0.2) is 9.97 Å². The molecule has 144 valence electrons. The van der Waals surface area contributed by atoms with Gasteiger partial charge in [0.25, 0.3) is 0 Å². The number of anilines is 1. The van der Waals surface area contributed by atoms with Crippen LogP contribution in [-0.4, -0.2) is 29.6 Å². The van der Waals surface area contributed by atoms with Gasteiger partial charge in [-0.15, -0.1) is 0 Å². The quantitative estimate of drug-likeness (QED) is 0.496. The van der Waals surface area contributed by atoms with Crippen LogP contribution in [0.1, 0.15) is 0 Å². The average Bonchev–Trinajstić information content (AvgIpc) is 2.77. The van der Waals surface area contributed by atoms with Crippen molar-refractivity contribution < 1.29 is 0 Å². The zero-order valence-electron chi connectivity index (χ0n) is 15.6. The molecule has 0 bridgehead atoms. The van der Waals surface area contributed by atoms with Gasteiger partial charge >= 0.3 is 0 Å². The van der Waals surface area contributed by atoms with Gasteiger partial charge in [0.15, 0.2) is 5.82 Å². The van der Waals surface area contributed by atoms with Crippen LogP contribution in [0.15, 0.2) is 76.5 Å². The van der Waals surface area contributed by atoms with Gasteiger partial charge in [-0.1, -0.05) is 46.3 Å². The Morgan fingerprint density at radius 3 is 2.59 bits per heavy atom. The Bertz CT molecular complexity index is 1150. The second-order valence-electron chi connectivity index (χ2n) is 6.48. The highest BCUT2D eigenvalue weighted by Crippen LogP contribution is 2.29. The number of para-hydroxylation sites is 1. The zero-order valence-corrected chi connectivity index (χ0v) is 17.2. The van der Waals surface area contributed by atoms with E-state index in [1.807, 2.05) is 60.7 Å². The molecule has 1 aromatic heterocycles. The number of aromatic nitrogens is 2. The molecule has 29 heavy (non-hydrogen) atoms. The summed E-state index contributed by atoms with van der Waals surface area (Å²) in [5.74, 6) is 2.39. The van der Waals surface area contributed by atoms with E-state index >= 15 is 0 Å². The number of rotatable bonds is 6. The van der Waals surface area contributed by atoms with Crippen LogP contribution in [0.5, 0.6) is 0 Å². The number of nitriles is 1. The smallest absolute Gasteiger partial charge is 0.163 e. The van der Waals surface area contributed by atoms with E-state index in [9.17, 15) is 0 Å². The molecule has 6 nitrogen and oxygen atoms in total. The van der Waals surface area contributed by atoms with E-state index in [1.165, 1.54) is 0 Å². The number of halogens is 1. The fraction of sp³-hybridized carbons (Fsp3) is 0.136. The van der Waals surface area contributed by atoms with Crippen molar-refractivity contribution in [3.63, 3.8) is 0 Å². The lowest BCUT2D eigenvalue weighted by Gasteiger charge is -2.17. The summed E-state index contributed by atoms with van der Waals surface area (Å²) in [6.07, 6.45) is 3.71. The number of nitrogens with one attached hydrogen (secondary N) is 3. The van der Waals surface area contributed by atoms with Crippen LogP contribution < -0.4 is 16.0 Å². The molecular weight excluding hydrogens is 428 g/mol. The van der Waals surface area contributed by atoms with Gasteiger partial charge in [0.2, 0.25) is 0 Å². The van der Waals surface area contributed by atoms with Crippen molar-refractivity contribution in [3.05, 3.63) is 76.5 Å². The maximum Gasteiger partial charge on any atom is 0.163 e. The number of hydrogen-bond donors (Lipinski definition) is 3. The Hall–Kier alpha value is -3.37. The van der Waals surface area contributed by atoms with Crippen LogP contribution in [0.3, 0.4) is 0 Å². The molecule has 3 N–H and O–H groups in total. The van der Waals surface area contributed by atoms with Gasteiger partial charge in [-0.2, -0.15) is 5.26 Å². The Labute approximate surface area is 177 Å². The van der Waals surface area contributed by atoms with E-state index in [0.29, 0.717) is 25.5 Å². The highest BCUT2D eigenvalue weighted by atomic mass is 79.9. The molecule has 2 aromatic carbocycles. The topological polar surface area (TPSA) is 85.7 Å². The number of nitrogens with zero attached hydrogens (tertiary/aromatic N) is 3. The minimum Gasteiger partial charge on any atom is -0.370 e. The van der Waals surface area contributed by atoms with Gasteiger partial charge in [-0.3, -0.25) is 0 Å². The highest BCUT2D eigenvalue weighted by Gasteiger charge is 2.11. The largest absolute Gasteiger partial charge is 0.370 e. The van der Waals surface area contributed by atoms with Gasteiger partial charge < -0.3 is 16.0 Å². The predicted molar refractivity (Wildman–Crippen MR) is 119 cm³/mol. The summed E-state index contributed by atoms with van der Waals surface area (Å²) in [5, 5.41) is 19.8. The van der Waals surface area contributed by atoms with Crippen molar-refractivity contribution in [2.24, 2.45) is 0 Å². The van der Waals surface area contributed by atoms with Crippen LogP contribution in [0, 0.1) is 11.3 Å². The van der Waals surface area contributed by atoms with E-state index in [4.69, 9.17) is 15.2 Å². The van der Waals surface area contributed by atoms with E-state index in [0.717, 1.165) is 38.2 Å².